The summed E-state index contributed by atoms with van der Waals surface area (Å²) >= 11 is 5.71. The van der Waals surface area contributed by atoms with Crippen molar-refractivity contribution in [3.05, 3.63) is 29.0 Å². The number of halogens is 2. The molecule has 16 heavy (non-hydrogen) atoms. The molecule has 1 aromatic carbocycles. The van der Waals surface area contributed by atoms with E-state index in [9.17, 15) is 4.39 Å². The predicted octanol–water partition coefficient (Wildman–Crippen LogP) is 3.86. The summed E-state index contributed by atoms with van der Waals surface area (Å²) in [7, 11) is 0. The van der Waals surface area contributed by atoms with Gasteiger partial charge in [-0.05, 0) is 25.0 Å². The van der Waals surface area contributed by atoms with Crippen molar-refractivity contribution in [2.45, 2.75) is 25.7 Å². The van der Waals surface area contributed by atoms with Gasteiger partial charge in [-0.15, -0.1) is 0 Å². The summed E-state index contributed by atoms with van der Waals surface area (Å²) in [6, 6.07) is 4.94. The largest absolute Gasteiger partial charge is 0.342 e. The second-order valence-electron chi connectivity index (χ2n) is 3.87. The van der Waals surface area contributed by atoms with Crippen molar-refractivity contribution in [3.63, 3.8) is 0 Å². The highest BCUT2D eigenvalue weighted by Crippen LogP contribution is 2.22. The molecule has 0 bridgehead atoms. The van der Waals surface area contributed by atoms with Crippen LogP contribution < -0.4 is 5.32 Å². The molecule has 0 radical (unpaired) electrons. The maximum absolute atomic E-state index is 13.6. The maximum Gasteiger partial charge on any atom is 0.165 e. The summed E-state index contributed by atoms with van der Waals surface area (Å²) < 4.78 is 13.6. The number of nitrogens with one attached hydrogen (secondary N) is 1. The number of aliphatic imine (C=N–C) groups is 1. The van der Waals surface area contributed by atoms with Gasteiger partial charge in [-0.1, -0.05) is 24.1 Å². The average Bonchev–Trinajstić information content (AvgIpc) is 2.53. The minimum absolute atomic E-state index is 0.138. The summed E-state index contributed by atoms with van der Waals surface area (Å²) in [6.07, 6.45) is 4.29. The van der Waals surface area contributed by atoms with E-state index in [0.29, 0.717) is 5.69 Å². The van der Waals surface area contributed by atoms with Gasteiger partial charge in [0.25, 0.3) is 0 Å². The van der Waals surface area contributed by atoms with Gasteiger partial charge in [-0.25, -0.2) is 4.39 Å². The Hall–Kier alpha value is -1.09. The molecule has 4 heteroatoms. The van der Waals surface area contributed by atoms with E-state index in [4.69, 9.17) is 11.6 Å². The van der Waals surface area contributed by atoms with Crippen LogP contribution in [0.15, 0.2) is 23.2 Å². The molecule has 0 amide bonds. The molecular formula is C12H14ClFN2. The van der Waals surface area contributed by atoms with E-state index in [2.05, 4.69) is 10.3 Å². The maximum atomic E-state index is 13.6. The molecule has 0 aliphatic carbocycles. The highest BCUT2D eigenvalue weighted by atomic mass is 35.5. The topological polar surface area (TPSA) is 24.4 Å². The zero-order chi connectivity index (χ0) is 11.4. The molecule has 0 fully saturated rings. The molecule has 0 spiro atoms. The lowest BCUT2D eigenvalue weighted by Gasteiger charge is -2.09. The Balaban J connectivity index is 2.13. The Morgan fingerprint density at radius 1 is 1.25 bits per heavy atom. The first-order chi connectivity index (χ1) is 7.77. The first kappa shape index (κ1) is 11.4. The molecule has 86 valence electrons. The first-order valence-electron chi connectivity index (χ1n) is 5.52. The van der Waals surface area contributed by atoms with Gasteiger partial charge in [0.15, 0.2) is 5.82 Å². The van der Waals surface area contributed by atoms with Crippen molar-refractivity contribution in [2.75, 3.05) is 11.9 Å². The minimum Gasteiger partial charge on any atom is -0.342 e. The van der Waals surface area contributed by atoms with Crippen LogP contribution in [0, 0.1) is 5.82 Å². The van der Waals surface area contributed by atoms with Crippen LogP contribution in [-0.4, -0.2) is 12.4 Å². The van der Waals surface area contributed by atoms with Crippen molar-refractivity contribution < 1.29 is 4.39 Å². The number of hydrogen-bond acceptors (Lipinski definition) is 2. The molecule has 1 aliphatic heterocycles. The third-order valence-electron chi connectivity index (χ3n) is 2.60. The molecule has 1 N–H and O–H groups in total. The molecule has 0 atom stereocenters. The molecular weight excluding hydrogens is 227 g/mol. The lowest BCUT2D eigenvalue weighted by atomic mass is 10.2. The van der Waals surface area contributed by atoms with Crippen molar-refractivity contribution in [1.82, 2.24) is 0 Å². The van der Waals surface area contributed by atoms with Crippen molar-refractivity contribution >= 4 is 23.1 Å². The smallest absolute Gasteiger partial charge is 0.165 e. The van der Waals surface area contributed by atoms with E-state index in [1.54, 1.807) is 12.1 Å². The van der Waals surface area contributed by atoms with Crippen LogP contribution in [0.25, 0.3) is 0 Å². The lowest BCUT2D eigenvalue weighted by Crippen LogP contribution is -2.12. The summed E-state index contributed by atoms with van der Waals surface area (Å²) in [6.45, 7) is 0.824. The number of benzene rings is 1. The number of nitrogens with zero attached hydrogens (tertiary/aromatic N) is 1. The van der Waals surface area contributed by atoms with E-state index in [0.717, 1.165) is 31.6 Å². The SMILES string of the molecule is Fc1c(Cl)cccc1NC1=NCCCCC1. The standard InChI is InChI=1S/C12H14ClFN2/c13-9-5-4-6-10(12(9)14)16-11-7-2-1-3-8-15-11/h4-6H,1-3,7-8H2,(H,15,16). The summed E-state index contributed by atoms with van der Waals surface area (Å²) in [5.74, 6) is 0.454. The van der Waals surface area contributed by atoms with Crippen LogP contribution in [0.2, 0.25) is 5.02 Å². The van der Waals surface area contributed by atoms with E-state index in [-0.39, 0.29) is 5.02 Å². The number of amidine groups is 1. The summed E-state index contributed by atoms with van der Waals surface area (Å²) in [4.78, 5) is 4.39. The van der Waals surface area contributed by atoms with Crippen LogP contribution in [0.1, 0.15) is 25.7 Å². The van der Waals surface area contributed by atoms with Gasteiger partial charge in [0.05, 0.1) is 10.7 Å². The van der Waals surface area contributed by atoms with E-state index < -0.39 is 5.82 Å². The second-order valence-corrected chi connectivity index (χ2v) is 4.27. The fraction of sp³-hybridized carbons (Fsp3) is 0.417. The van der Waals surface area contributed by atoms with Gasteiger partial charge in [0.2, 0.25) is 0 Å². The number of hydrogen-bond donors (Lipinski definition) is 1. The average molecular weight is 241 g/mol. The van der Waals surface area contributed by atoms with Gasteiger partial charge >= 0.3 is 0 Å². The molecule has 0 aromatic heterocycles. The zero-order valence-electron chi connectivity index (χ0n) is 8.97. The Morgan fingerprint density at radius 3 is 3.00 bits per heavy atom. The molecule has 1 aliphatic rings. The Morgan fingerprint density at radius 2 is 2.12 bits per heavy atom. The van der Waals surface area contributed by atoms with Gasteiger partial charge in [-0.2, -0.15) is 0 Å². The molecule has 1 aromatic rings. The summed E-state index contributed by atoms with van der Waals surface area (Å²) in [5.41, 5.74) is 0.410. The predicted molar refractivity (Wildman–Crippen MR) is 65.8 cm³/mol. The molecule has 2 nitrogen and oxygen atoms in total. The quantitative estimate of drug-likeness (QED) is 0.792. The van der Waals surface area contributed by atoms with Crippen LogP contribution >= 0.6 is 11.6 Å². The third-order valence-corrected chi connectivity index (χ3v) is 2.90. The Kier molecular flexibility index (Phi) is 3.78. The van der Waals surface area contributed by atoms with Crippen LogP contribution in [0.3, 0.4) is 0 Å². The Bertz CT molecular complexity index is 404. The molecule has 0 saturated heterocycles. The highest BCUT2D eigenvalue weighted by Gasteiger charge is 2.09. The summed E-state index contributed by atoms with van der Waals surface area (Å²) in [5, 5.41) is 3.16. The third kappa shape index (κ3) is 2.73. The minimum atomic E-state index is -0.406. The second kappa shape index (κ2) is 5.30. The Labute approximate surface area is 99.5 Å². The van der Waals surface area contributed by atoms with E-state index >= 15 is 0 Å². The van der Waals surface area contributed by atoms with E-state index in [1.807, 2.05) is 0 Å². The molecule has 0 saturated carbocycles. The van der Waals surface area contributed by atoms with Crippen LogP contribution in [0.4, 0.5) is 10.1 Å². The lowest BCUT2D eigenvalue weighted by molar-refractivity contribution is 0.632. The fourth-order valence-corrected chi connectivity index (χ4v) is 1.91. The molecule has 2 rings (SSSR count). The number of rotatable bonds is 1. The van der Waals surface area contributed by atoms with Gasteiger partial charge < -0.3 is 5.32 Å². The van der Waals surface area contributed by atoms with Crippen molar-refractivity contribution in [3.8, 4) is 0 Å². The van der Waals surface area contributed by atoms with E-state index in [1.165, 1.54) is 12.5 Å². The zero-order valence-corrected chi connectivity index (χ0v) is 9.73. The molecule has 0 unspecified atom stereocenters. The number of anilines is 1. The fourth-order valence-electron chi connectivity index (χ4n) is 1.73. The monoisotopic (exact) mass is 240 g/mol. The highest BCUT2D eigenvalue weighted by molar-refractivity contribution is 6.31. The first-order valence-corrected chi connectivity index (χ1v) is 5.89. The van der Waals surface area contributed by atoms with Gasteiger partial charge in [-0.3, -0.25) is 4.99 Å². The van der Waals surface area contributed by atoms with Crippen LogP contribution in [-0.2, 0) is 0 Å². The normalized spacial score (nSPS) is 16.5. The van der Waals surface area contributed by atoms with Gasteiger partial charge in [0, 0.05) is 13.0 Å². The van der Waals surface area contributed by atoms with Crippen LogP contribution in [0.5, 0.6) is 0 Å². The van der Waals surface area contributed by atoms with Gasteiger partial charge in [0.1, 0.15) is 5.84 Å². The van der Waals surface area contributed by atoms with Crippen molar-refractivity contribution in [1.29, 1.82) is 0 Å². The van der Waals surface area contributed by atoms with Crippen molar-refractivity contribution in [2.24, 2.45) is 4.99 Å². The molecule has 1 heterocycles.